The van der Waals surface area contributed by atoms with E-state index >= 15 is 0 Å². The summed E-state index contributed by atoms with van der Waals surface area (Å²) in [6.07, 6.45) is -3.78. The predicted molar refractivity (Wildman–Crippen MR) is 102 cm³/mol. The number of hydrogen-bond donors (Lipinski definition) is 0. The molecule has 1 amide bonds. The first-order chi connectivity index (χ1) is 12.5. The Morgan fingerprint density at radius 1 is 1.19 bits per heavy atom. The fourth-order valence-electron chi connectivity index (χ4n) is 2.36. The Hall–Kier alpha value is -1.73. The van der Waals surface area contributed by atoms with Crippen molar-refractivity contribution in [2.45, 2.75) is 44.1 Å². The van der Waals surface area contributed by atoms with Crippen LogP contribution in [0.4, 0.5) is 13.2 Å². The topological polar surface area (TPSA) is 33.2 Å². The molecule has 0 aliphatic rings. The number of aromatic nitrogens is 1. The highest BCUT2D eigenvalue weighted by Gasteiger charge is 2.32. The van der Waals surface area contributed by atoms with E-state index in [9.17, 15) is 18.0 Å². The maximum absolute atomic E-state index is 12.8. The number of hydrogen-bond acceptors (Lipinski definition) is 3. The van der Waals surface area contributed by atoms with Crippen LogP contribution in [0.1, 0.15) is 31.9 Å². The van der Waals surface area contributed by atoms with Gasteiger partial charge in [0.15, 0.2) is 0 Å². The number of thioether (sulfide) groups is 1. The molecule has 0 unspecified atom stereocenters. The van der Waals surface area contributed by atoms with Gasteiger partial charge in [0.05, 0.1) is 16.3 Å². The zero-order valence-electron chi connectivity index (χ0n) is 15.2. The van der Waals surface area contributed by atoms with E-state index in [-0.39, 0.29) is 21.7 Å². The lowest BCUT2D eigenvalue weighted by molar-refractivity contribution is -0.138. The van der Waals surface area contributed by atoms with Gasteiger partial charge in [-0.25, -0.2) is 4.98 Å². The third kappa shape index (κ3) is 6.14. The number of amides is 1. The highest BCUT2D eigenvalue weighted by Crippen LogP contribution is 2.34. The number of halogens is 4. The number of rotatable bonds is 5. The summed E-state index contributed by atoms with van der Waals surface area (Å²) in [6.45, 7) is 6.24. The molecule has 1 heterocycles. The molecule has 2 rings (SSSR count). The van der Waals surface area contributed by atoms with E-state index in [4.69, 9.17) is 11.6 Å². The maximum Gasteiger partial charge on any atom is 0.417 e. The van der Waals surface area contributed by atoms with E-state index in [1.807, 2.05) is 51.1 Å². The Balaban J connectivity index is 2.10. The molecular weight excluding hydrogens is 397 g/mol. The van der Waals surface area contributed by atoms with Crippen molar-refractivity contribution < 1.29 is 18.0 Å². The van der Waals surface area contributed by atoms with Gasteiger partial charge >= 0.3 is 6.18 Å². The Bertz CT molecular complexity index is 792. The van der Waals surface area contributed by atoms with Crippen LogP contribution in [0.2, 0.25) is 5.02 Å². The van der Waals surface area contributed by atoms with Crippen LogP contribution >= 0.6 is 23.4 Å². The molecule has 8 heteroatoms. The Morgan fingerprint density at radius 3 is 2.33 bits per heavy atom. The van der Waals surface area contributed by atoms with Gasteiger partial charge in [0.1, 0.15) is 5.03 Å². The molecule has 0 N–H and O–H groups in total. The highest BCUT2D eigenvalue weighted by molar-refractivity contribution is 8.00. The lowest BCUT2D eigenvalue weighted by Gasteiger charge is -2.36. The SMILES string of the molecule is CC(C)(C)N(Cc1ccccc1)C(=O)CSc1ncc(C(F)(F)F)cc1Cl. The summed E-state index contributed by atoms with van der Waals surface area (Å²) < 4.78 is 38.1. The van der Waals surface area contributed by atoms with Crippen molar-refractivity contribution in [2.75, 3.05) is 5.75 Å². The summed E-state index contributed by atoms with van der Waals surface area (Å²) in [4.78, 5) is 18.3. The van der Waals surface area contributed by atoms with Crippen LogP contribution in [0.25, 0.3) is 0 Å². The van der Waals surface area contributed by atoms with Crippen LogP contribution in [-0.2, 0) is 17.5 Å². The standard InChI is InChI=1S/C19H20ClF3N2OS/c1-18(2,3)25(11-13-7-5-4-6-8-13)16(26)12-27-17-15(20)9-14(10-24-17)19(21,22)23/h4-10H,11-12H2,1-3H3. The van der Waals surface area contributed by atoms with Gasteiger partial charge in [-0.1, -0.05) is 53.7 Å². The predicted octanol–water partition coefficient (Wildman–Crippen LogP) is 5.67. The Kier molecular flexibility index (Phi) is 6.81. The quantitative estimate of drug-likeness (QED) is 0.588. The zero-order chi connectivity index (χ0) is 20.2. The van der Waals surface area contributed by atoms with Crippen molar-refractivity contribution in [1.82, 2.24) is 9.88 Å². The first kappa shape index (κ1) is 21.6. The molecule has 0 fully saturated rings. The summed E-state index contributed by atoms with van der Waals surface area (Å²) in [7, 11) is 0. The van der Waals surface area contributed by atoms with E-state index in [1.54, 1.807) is 4.90 Å². The maximum atomic E-state index is 12.8. The molecule has 1 aromatic carbocycles. The van der Waals surface area contributed by atoms with E-state index in [1.165, 1.54) is 0 Å². The molecule has 0 saturated carbocycles. The molecular formula is C19H20ClF3N2OS. The highest BCUT2D eigenvalue weighted by atomic mass is 35.5. The molecule has 0 radical (unpaired) electrons. The van der Waals surface area contributed by atoms with Crippen molar-refractivity contribution in [1.29, 1.82) is 0 Å². The molecule has 146 valence electrons. The van der Waals surface area contributed by atoms with Gasteiger partial charge < -0.3 is 4.90 Å². The first-order valence-electron chi connectivity index (χ1n) is 8.18. The second-order valence-corrected chi connectivity index (χ2v) is 8.30. The number of alkyl halides is 3. The molecule has 0 bridgehead atoms. The van der Waals surface area contributed by atoms with Crippen molar-refractivity contribution in [3.63, 3.8) is 0 Å². The van der Waals surface area contributed by atoms with Crippen LogP contribution < -0.4 is 0 Å². The minimum absolute atomic E-state index is 0.0299. The molecule has 0 spiro atoms. The van der Waals surface area contributed by atoms with Crippen LogP contribution in [0, 0.1) is 0 Å². The number of nitrogens with zero attached hydrogens (tertiary/aromatic N) is 2. The molecule has 0 atom stereocenters. The zero-order valence-corrected chi connectivity index (χ0v) is 16.8. The number of carbonyl (C=O) groups excluding carboxylic acids is 1. The monoisotopic (exact) mass is 416 g/mol. The summed E-state index contributed by atoms with van der Waals surface area (Å²) in [5, 5.41) is 0.0829. The van der Waals surface area contributed by atoms with Gasteiger partial charge in [-0.15, -0.1) is 0 Å². The minimum atomic E-state index is -4.51. The van der Waals surface area contributed by atoms with E-state index in [0.29, 0.717) is 6.54 Å². The molecule has 2 aromatic rings. The summed E-state index contributed by atoms with van der Waals surface area (Å²) >= 11 is 6.94. The van der Waals surface area contributed by atoms with Gasteiger partial charge in [0.2, 0.25) is 5.91 Å². The fourth-order valence-corrected chi connectivity index (χ4v) is 3.43. The molecule has 27 heavy (non-hydrogen) atoms. The Morgan fingerprint density at radius 2 is 1.81 bits per heavy atom. The Labute approximate surface area is 165 Å². The number of carbonyl (C=O) groups is 1. The largest absolute Gasteiger partial charge is 0.417 e. The van der Waals surface area contributed by atoms with Gasteiger partial charge in [-0.05, 0) is 32.4 Å². The number of benzene rings is 1. The van der Waals surface area contributed by atoms with E-state index in [0.717, 1.165) is 29.6 Å². The molecule has 0 saturated heterocycles. The van der Waals surface area contributed by atoms with Gasteiger partial charge in [0.25, 0.3) is 0 Å². The van der Waals surface area contributed by atoms with Crippen LogP contribution in [0.3, 0.4) is 0 Å². The average molecular weight is 417 g/mol. The van der Waals surface area contributed by atoms with Crippen LogP contribution in [0.15, 0.2) is 47.6 Å². The lowest BCUT2D eigenvalue weighted by Crippen LogP contribution is -2.45. The van der Waals surface area contributed by atoms with Gasteiger partial charge in [0, 0.05) is 18.3 Å². The number of pyridine rings is 1. The van der Waals surface area contributed by atoms with E-state index in [2.05, 4.69) is 4.98 Å². The molecule has 1 aromatic heterocycles. The van der Waals surface area contributed by atoms with Crippen LogP contribution in [0.5, 0.6) is 0 Å². The van der Waals surface area contributed by atoms with Crippen LogP contribution in [-0.4, -0.2) is 27.1 Å². The second-order valence-electron chi connectivity index (χ2n) is 6.93. The van der Waals surface area contributed by atoms with Gasteiger partial charge in [-0.2, -0.15) is 13.2 Å². The molecule has 0 aliphatic carbocycles. The van der Waals surface area contributed by atoms with Crippen molar-refractivity contribution in [3.8, 4) is 0 Å². The lowest BCUT2D eigenvalue weighted by atomic mass is 10.0. The average Bonchev–Trinajstić information content (AvgIpc) is 2.57. The summed E-state index contributed by atoms with van der Waals surface area (Å²) in [6, 6.07) is 10.4. The van der Waals surface area contributed by atoms with Crippen molar-refractivity contribution >= 4 is 29.3 Å². The minimum Gasteiger partial charge on any atom is -0.333 e. The fraction of sp³-hybridized carbons (Fsp3) is 0.368. The summed E-state index contributed by atoms with van der Waals surface area (Å²) in [5.41, 5.74) is -0.328. The first-order valence-corrected chi connectivity index (χ1v) is 9.55. The molecule has 3 nitrogen and oxygen atoms in total. The normalized spacial score (nSPS) is 12.1. The third-order valence-electron chi connectivity index (χ3n) is 3.76. The van der Waals surface area contributed by atoms with Gasteiger partial charge in [-0.3, -0.25) is 4.79 Å². The van der Waals surface area contributed by atoms with Crippen molar-refractivity contribution in [2.24, 2.45) is 0 Å². The molecule has 0 aliphatic heterocycles. The second kappa shape index (κ2) is 8.52. The third-order valence-corrected chi connectivity index (χ3v) is 5.15. The van der Waals surface area contributed by atoms with E-state index < -0.39 is 17.3 Å². The van der Waals surface area contributed by atoms with Crippen molar-refractivity contribution in [3.05, 3.63) is 58.7 Å². The smallest absolute Gasteiger partial charge is 0.333 e. The summed E-state index contributed by atoms with van der Waals surface area (Å²) in [5.74, 6) is -0.114.